The van der Waals surface area contributed by atoms with Gasteiger partial charge in [-0.05, 0) is 60.7 Å². The first-order valence-electron chi connectivity index (χ1n) is 10.1. The molecule has 2 N–H and O–H groups in total. The van der Waals surface area contributed by atoms with Gasteiger partial charge in [-0.25, -0.2) is 4.98 Å². The van der Waals surface area contributed by atoms with Gasteiger partial charge >= 0.3 is 18.9 Å². The normalized spacial score (nSPS) is 16.8. The van der Waals surface area contributed by atoms with Crippen LogP contribution in [0.25, 0.3) is 11.1 Å². The molecule has 1 aliphatic rings. The first kappa shape index (κ1) is 25.3. The zero-order valence-electron chi connectivity index (χ0n) is 18.8. The van der Waals surface area contributed by atoms with Gasteiger partial charge in [0, 0.05) is 24.8 Å². The standard InChI is InChI=1S/C25H24N3O2.Li.H2O/c1-16-4-11-25(26-14-16)27-23-12-17(2)28(18(3)30)24-10-9-21(13-22(23)24)20-7-5-19(15-29)6-8-20;;/h4-11,13-14,17,23H,12H2,1-3H3,(H,26,27);;1H2/q-1;+1;/p-1/t17-,23+;;/m0../s1. The summed E-state index contributed by atoms with van der Waals surface area (Å²) < 4.78 is 0. The number of fused-ring (bicyclic) bond motifs is 1. The van der Waals surface area contributed by atoms with Gasteiger partial charge < -0.3 is 20.5 Å². The fourth-order valence-corrected chi connectivity index (χ4v) is 4.12. The van der Waals surface area contributed by atoms with Crippen LogP contribution in [0.4, 0.5) is 11.5 Å². The zero-order valence-corrected chi connectivity index (χ0v) is 18.8. The van der Waals surface area contributed by atoms with E-state index in [1.807, 2.05) is 60.7 Å². The molecule has 3 aromatic rings. The van der Waals surface area contributed by atoms with Crippen LogP contribution in [0.2, 0.25) is 0 Å². The Hall–Kier alpha value is -2.91. The molecule has 0 radical (unpaired) electrons. The Balaban J connectivity index is 0.00000181. The van der Waals surface area contributed by atoms with Gasteiger partial charge in [-0.2, -0.15) is 17.7 Å². The van der Waals surface area contributed by atoms with Crippen LogP contribution in [0.5, 0.6) is 0 Å². The molecule has 0 unspecified atom stereocenters. The number of carbonyl (C=O) groups excluding carboxylic acids is 2. The summed E-state index contributed by atoms with van der Waals surface area (Å²) in [6.07, 6.45) is 4.53. The molecule has 0 fully saturated rings. The maximum Gasteiger partial charge on any atom is 1.00 e. The van der Waals surface area contributed by atoms with E-state index in [0.29, 0.717) is 5.56 Å². The predicted octanol–water partition coefficient (Wildman–Crippen LogP) is 1.64. The van der Waals surface area contributed by atoms with Crippen molar-refractivity contribution in [3.05, 3.63) is 77.5 Å². The van der Waals surface area contributed by atoms with E-state index in [1.165, 1.54) is 0 Å². The molecule has 0 aliphatic carbocycles. The number of nitrogens with zero attached hydrogens (tertiary/aromatic N) is 2. The molecule has 0 saturated carbocycles. The van der Waals surface area contributed by atoms with Crippen LogP contribution in [0.3, 0.4) is 0 Å². The molecule has 2 atom stereocenters. The molecule has 2 aromatic carbocycles. The molecule has 160 valence electrons. The van der Waals surface area contributed by atoms with Crippen LogP contribution in [-0.4, -0.2) is 28.7 Å². The molecular weight excluding hydrogens is 397 g/mol. The molecule has 1 aromatic heterocycles. The third-order valence-electron chi connectivity index (χ3n) is 5.59. The van der Waals surface area contributed by atoms with Crippen LogP contribution in [0, 0.1) is 6.92 Å². The summed E-state index contributed by atoms with van der Waals surface area (Å²) in [5.41, 5.74) is 5.67. The van der Waals surface area contributed by atoms with Crippen LogP contribution in [0.15, 0.2) is 60.8 Å². The van der Waals surface area contributed by atoms with E-state index < -0.39 is 0 Å². The molecule has 4 rings (SSSR count). The van der Waals surface area contributed by atoms with Crippen molar-refractivity contribution in [1.29, 1.82) is 0 Å². The number of aromatic nitrogens is 1. The van der Waals surface area contributed by atoms with E-state index in [4.69, 9.17) is 0 Å². The Morgan fingerprint density at radius 3 is 2.38 bits per heavy atom. The maximum absolute atomic E-state index is 12.4. The smallest absolute Gasteiger partial charge is 0.870 e. The Morgan fingerprint density at radius 1 is 1.09 bits per heavy atom. The molecule has 0 saturated heterocycles. The fraction of sp³-hybridized carbons (Fsp3) is 0.240. The van der Waals surface area contributed by atoms with Crippen molar-refractivity contribution in [2.45, 2.75) is 39.3 Å². The number of benzene rings is 2. The minimum atomic E-state index is 0. The van der Waals surface area contributed by atoms with Crippen molar-refractivity contribution < 1.29 is 33.9 Å². The van der Waals surface area contributed by atoms with Crippen molar-refractivity contribution in [3.8, 4) is 11.1 Å². The third-order valence-corrected chi connectivity index (χ3v) is 5.59. The third kappa shape index (κ3) is 5.11. The molecule has 0 bridgehead atoms. The van der Waals surface area contributed by atoms with E-state index >= 15 is 0 Å². The number of anilines is 2. The number of rotatable bonds is 4. The number of aryl methyl sites for hydroxylation is 1. The van der Waals surface area contributed by atoms with Gasteiger partial charge in [0.05, 0.1) is 12.3 Å². The average molecular weight is 422 g/mol. The number of amides is 1. The number of carbonyl (C=O) groups is 1. The Kier molecular flexibility index (Phi) is 8.40. The van der Waals surface area contributed by atoms with Crippen LogP contribution in [-0.2, 0) is 9.59 Å². The SMILES string of the molecule is CC(=O)N1c2ccc(-c3ccc([C-]=O)cc3)cc2[C@H](Nc2ccc(C)cn2)C[C@@H]1C.[Li+].[OH-]. The van der Waals surface area contributed by atoms with Crippen molar-refractivity contribution in [2.24, 2.45) is 0 Å². The summed E-state index contributed by atoms with van der Waals surface area (Å²) in [5, 5.41) is 3.55. The second kappa shape index (κ2) is 10.6. The first-order chi connectivity index (χ1) is 14.5. The van der Waals surface area contributed by atoms with Gasteiger partial charge in [0.25, 0.3) is 0 Å². The quantitative estimate of drug-likeness (QED) is 0.510. The van der Waals surface area contributed by atoms with Crippen LogP contribution < -0.4 is 29.1 Å². The van der Waals surface area contributed by atoms with Crippen molar-refractivity contribution in [1.82, 2.24) is 4.98 Å². The van der Waals surface area contributed by atoms with Gasteiger partial charge in [0.2, 0.25) is 5.91 Å². The van der Waals surface area contributed by atoms with Gasteiger partial charge in [0.15, 0.2) is 0 Å². The fourth-order valence-electron chi connectivity index (χ4n) is 4.12. The summed E-state index contributed by atoms with van der Waals surface area (Å²) in [6, 6.07) is 17.6. The summed E-state index contributed by atoms with van der Waals surface area (Å²) in [6.45, 7) is 5.70. The summed E-state index contributed by atoms with van der Waals surface area (Å²) in [5.74, 6) is 0.852. The molecule has 7 heteroatoms. The topological polar surface area (TPSA) is 92.3 Å². The minimum absolute atomic E-state index is 0. The number of hydrogen-bond acceptors (Lipinski definition) is 5. The van der Waals surface area contributed by atoms with Gasteiger partial charge in [-0.15, -0.1) is 12.1 Å². The molecule has 0 spiro atoms. The molecule has 32 heavy (non-hydrogen) atoms. The zero-order chi connectivity index (χ0) is 21.3. The predicted molar refractivity (Wildman–Crippen MR) is 121 cm³/mol. The Morgan fingerprint density at radius 2 is 1.78 bits per heavy atom. The second-order valence-electron chi connectivity index (χ2n) is 7.84. The average Bonchev–Trinajstić information content (AvgIpc) is 2.75. The van der Waals surface area contributed by atoms with E-state index in [0.717, 1.165) is 40.2 Å². The van der Waals surface area contributed by atoms with Crippen molar-refractivity contribution in [2.75, 3.05) is 10.2 Å². The second-order valence-corrected chi connectivity index (χ2v) is 7.84. The number of pyridine rings is 1. The Labute approximate surface area is 200 Å². The van der Waals surface area contributed by atoms with Crippen molar-refractivity contribution in [3.63, 3.8) is 0 Å². The largest absolute Gasteiger partial charge is 1.00 e. The van der Waals surface area contributed by atoms with Gasteiger partial charge in [-0.3, -0.25) is 4.79 Å². The number of hydrogen-bond donors (Lipinski definition) is 1. The van der Waals surface area contributed by atoms with E-state index in [2.05, 4.69) is 23.3 Å². The van der Waals surface area contributed by atoms with E-state index in [1.54, 1.807) is 19.1 Å². The molecule has 6 nitrogen and oxygen atoms in total. The first-order valence-corrected chi connectivity index (χ1v) is 10.1. The summed E-state index contributed by atoms with van der Waals surface area (Å²) >= 11 is 0. The minimum Gasteiger partial charge on any atom is -0.870 e. The monoisotopic (exact) mass is 422 g/mol. The van der Waals surface area contributed by atoms with E-state index in [9.17, 15) is 9.59 Å². The number of nitrogens with one attached hydrogen (secondary N) is 1. The summed E-state index contributed by atoms with van der Waals surface area (Å²) in [7, 11) is 0. The van der Waals surface area contributed by atoms with Crippen molar-refractivity contribution >= 4 is 23.7 Å². The van der Waals surface area contributed by atoms with E-state index in [-0.39, 0.29) is 42.3 Å². The molecule has 1 aliphatic heterocycles. The molecule has 1 amide bonds. The van der Waals surface area contributed by atoms with Gasteiger partial charge in [-0.1, -0.05) is 12.1 Å². The summed E-state index contributed by atoms with van der Waals surface area (Å²) in [4.78, 5) is 29.6. The van der Waals surface area contributed by atoms with Crippen LogP contribution >= 0.6 is 0 Å². The molecule has 2 heterocycles. The van der Waals surface area contributed by atoms with Gasteiger partial charge in [0.1, 0.15) is 5.82 Å². The van der Waals surface area contributed by atoms with Crippen LogP contribution in [0.1, 0.15) is 43.0 Å². The Bertz CT molecular complexity index is 1080. The molecular formula is C25H25LiN3O3-. The maximum atomic E-state index is 12.4.